The molecule has 0 radical (unpaired) electrons. The first-order valence-corrected chi connectivity index (χ1v) is 9.24. The van der Waals surface area contributed by atoms with Crippen molar-refractivity contribution >= 4 is 11.6 Å². The van der Waals surface area contributed by atoms with Crippen molar-refractivity contribution in [3.05, 3.63) is 53.1 Å². The Balaban J connectivity index is 1.74. The number of nitriles is 1. The second kappa shape index (κ2) is 6.99. The van der Waals surface area contributed by atoms with E-state index in [1.165, 1.54) is 0 Å². The van der Waals surface area contributed by atoms with Crippen molar-refractivity contribution in [2.24, 2.45) is 0 Å². The highest BCUT2D eigenvalue weighted by Crippen LogP contribution is 2.48. The molecule has 2 aliphatic heterocycles. The zero-order valence-electron chi connectivity index (χ0n) is 15.6. The van der Waals surface area contributed by atoms with E-state index in [9.17, 15) is 23.2 Å². The van der Waals surface area contributed by atoms with Crippen molar-refractivity contribution < 1.29 is 22.7 Å². The molecule has 1 fully saturated rings. The van der Waals surface area contributed by atoms with Crippen LogP contribution in [-0.2, 0) is 4.79 Å². The molecule has 1 amide bonds. The van der Waals surface area contributed by atoms with Gasteiger partial charge in [-0.1, -0.05) is 12.1 Å². The summed E-state index contributed by atoms with van der Waals surface area (Å²) in [6.45, 7) is 2.37. The third kappa shape index (κ3) is 3.48. The van der Waals surface area contributed by atoms with Gasteiger partial charge in [0.1, 0.15) is 5.75 Å². The monoisotopic (exact) mass is 401 g/mol. The summed E-state index contributed by atoms with van der Waals surface area (Å²) in [6.07, 6.45) is -4.21. The molecule has 0 saturated carbocycles. The van der Waals surface area contributed by atoms with E-state index in [0.717, 1.165) is 16.8 Å². The van der Waals surface area contributed by atoms with E-state index < -0.39 is 18.1 Å². The van der Waals surface area contributed by atoms with Gasteiger partial charge in [-0.2, -0.15) is 18.4 Å². The predicted molar refractivity (Wildman–Crippen MR) is 99.7 cm³/mol. The Hall–Kier alpha value is -3.21. The largest absolute Gasteiger partial charge is 0.471 e. The number of amides is 1. The number of rotatable bonds is 1. The molecule has 29 heavy (non-hydrogen) atoms. The quantitative estimate of drug-likeness (QED) is 0.771. The SMILES string of the molecule is Cc1cccc2c1C1CC(NC(=O)C(F)(F)F)CCN1c1ccc(C#N)cc1O2. The topological polar surface area (TPSA) is 65.4 Å². The number of halogens is 3. The van der Waals surface area contributed by atoms with E-state index in [-0.39, 0.29) is 6.04 Å². The second-order valence-corrected chi connectivity index (χ2v) is 7.28. The van der Waals surface area contributed by atoms with Crippen molar-refractivity contribution in [1.29, 1.82) is 5.26 Å². The summed E-state index contributed by atoms with van der Waals surface area (Å²) in [4.78, 5) is 13.5. The molecule has 0 bridgehead atoms. The number of fused-ring (bicyclic) bond motifs is 5. The Labute approximate surface area is 165 Å². The summed E-state index contributed by atoms with van der Waals surface area (Å²) in [6, 6.07) is 12.0. The van der Waals surface area contributed by atoms with Crippen molar-refractivity contribution in [2.45, 2.75) is 38.0 Å². The number of anilines is 1. The van der Waals surface area contributed by atoms with Crippen LogP contribution in [0, 0.1) is 18.3 Å². The van der Waals surface area contributed by atoms with Crippen LogP contribution in [0.1, 0.15) is 35.6 Å². The molecule has 0 aliphatic carbocycles. The van der Waals surface area contributed by atoms with E-state index in [1.807, 2.05) is 25.1 Å². The van der Waals surface area contributed by atoms with Crippen LogP contribution in [-0.4, -0.2) is 24.7 Å². The molecular formula is C21H18F3N3O2. The van der Waals surface area contributed by atoms with Crippen LogP contribution in [0.15, 0.2) is 36.4 Å². The zero-order chi connectivity index (χ0) is 20.8. The van der Waals surface area contributed by atoms with E-state index in [2.05, 4.69) is 16.3 Å². The molecular weight excluding hydrogens is 383 g/mol. The number of hydrogen-bond donors (Lipinski definition) is 1. The molecule has 0 spiro atoms. The van der Waals surface area contributed by atoms with Gasteiger partial charge < -0.3 is 15.0 Å². The third-order valence-electron chi connectivity index (χ3n) is 5.43. The fourth-order valence-corrected chi connectivity index (χ4v) is 4.12. The molecule has 2 aromatic carbocycles. The van der Waals surface area contributed by atoms with Crippen LogP contribution in [0.4, 0.5) is 18.9 Å². The minimum Gasteiger partial charge on any atom is -0.455 e. The minimum atomic E-state index is -4.90. The fraction of sp³-hybridized carbons (Fsp3) is 0.333. The predicted octanol–water partition coefficient (Wildman–Crippen LogP) is 4.36. The molecule has 5 nitrogen and oxygen atoms in total. The second-order valence-electron chi connectivity index (χ2n) is 7.28. The molecule has 4 rings (SSSR count). The van der Waals surface area contributed by atoms with E-state index in [1.54, 1.807) is 18.2 Å². The number of alkyl halides is 3. The molecule has 0 aromatic heterocycles. The van der Waals surface area contributed by atoms with Crippen molar-refractivity contribution in [3.8, 4) is 17.6 Å². The van der Waals surface area contributed by atoms with E-state index in [0.29, 0.717) is 36.4 Å². The van der Waals surface area contributed by atoms with Crippen LogP contribution < -0.4 is 15.0 Å². The Kier molecular flexibility index (Phi) is 4.61. The van der Waals surface area contributed by atoms with Crippen molar-refractivity contribution in [2.75, 3.05) is 11.4 Å². The van der Waals surface area contributed by atoms with Gasteiger partial charge in [-0.15, -0.1) is 0 Å². The highest BCUT2D eigenvalue weighted by Gasteiger charge is 2.42. The maximum Gasteiger partial charge on any atom is 0.471 e. The van der Waals surface area contributed by atoms with Gasteiger partial charge in [0.05, 0.1) is 23.4 Å². The maximum atomic E-state index is 12.7. The summed E-state index contributed by atoms with van der Waals surface area (Å²) in [5, 5.41) is 11.3. The Morgan fingerprint density at radius 1 is 1.28 bits per heavy atom. The lowest BCUT2D eigenvalue weighted by molar-refractivity contribution is -0.174. The molecule has 2 unspecified atom stereocenters. The number of hydrogen-bond acceptors (Lipinski definition) is 4. The minimum absolute atomic E-state index is 0.257. The lowest BCUT2D eigenvalue weighted by atomic mass is 9.88. The summed E-state index contributed by atoms with van der Waals surface area (Å²) in [7, 11) is 0. The first kappa shape index (κ1) is 19.1. The Morgan fingerprint density at radius 3 is 2.79 bits per heavy atom. The smallest absolute Gasteiger partial charge is 0.455 e. The molecule has 2 heterocycles. The van der Waals surface area contributed by atoms with E-state index in [4.69, 9.17) is 4.74 Å². The highest BCUT2D eigenvalue weighted by atomic mass is 19.4. The van der Waals surface area contributed by atoms with Gasteiger partial charge in [-0.25, -0.2) is 0 Å². The Bertz CT molecular complexity index is 1010. The number of aryl methyl sites for hydroxylation is 1. The highest BCUT2D eigenvalue weighted by molar-refractivity contribution is 5.82. The van der Waals surface area contributed by atoms with Crippen LogP contribution in [0.3, 0.4) is 0 Å². The van der Waals surface area contributed by atoms with Gasteiger partial charge in [0, 0.05) is 24.2 Å². The average Bonchev–Trinajstić information content (AvgIpc) is 2.81. The molecule has 8 heteroatoms. The van der Waals surface area contributed by atoms with Gasteiger partial charge in [-0.3, -0.25) is 4.79 Å². The molecule has 1 saturated heterocycles. The first-order valence-electron chi connectivity index (χ1n) is 9.24. The summed E-state index contributed by atoms with van der Waals surface area (Å²) < 4.78 is 44.2. The third-order valence-corrected chi connectivity index (χ3v) is 5.43. The van der Waals surface area contributed by atoms with Crippen LogP contribution >= 0.6 is 0 Å². The van der Waals surface area contributed by atoms with Crippen LogP contribution in [0.2, 0.25) is 0 Å². The number of nitrogens with zero attached hydrogens (tertiary/aromatic N) is 2. The summed E-state index contributed by atoms with van der Waals surface area (Å²) in [5.74, 6) is -0.766. The number of benzene rings is 2. The normalized spacial score (nSPS) is 20.3. The van der Waals surface area contributed by atoms with Gasteiger partial charge in [0.2, 0.25) is 0 Å². The van der Waals surface area contributed by atoms with Gasteiger partial charge in [0.25, 0.3) is 0 Å². The standard InChI is InChI=1S/C21H18F3N3O2/c1-12-3-2-4-17-19(12)16-10-14(26-20(28)21(22,23)24)7-8-27(16)15-6-5-13(11-25)9-18(15)29-17/h2-6,9,14,16H,7-8,10H2,1H3,(H,26,28). The number of carbonyl (C=O) groups excluding carboxylic acids is 1. The van der Waals surface area contributed by atoms with Crippen LogP contribution in [0.25, 0.3) is 0 Å². The first-order chi connectivity index (χ1) is 13.8. The van der Waals surface area contributed by atoms with Crippen LogP contribution in [0.5, 0.6) is 11.5 Å². The van der Waals surface area contributed by atoms with Gasteiger partial charge in [-0.05, 0) is 43.5 Å². The molecule has 2 aromatic rings. The lowest BCUT2D eigenvalue weighted by Gasteiger charge is -2.41. The molecule has 150 valence electrons. The Morgan fingerprint density at radius 2 is 2.07 bits per heavy atom. The summed E-state index contributed by atoms with van der Waals surface area (Å²) in [5.41, 5.74) is 3.08. The molecule has 2 atom stereocenters. The van der Waals surface area contributed by atoms with Gasteiger partial charge >= 0.3 is 12.1 Å². The number of nitrogens with one attached hydrogen (secondary N) is 1. The number of carbonyl (C=O) groups is 1. The molecule has 2 aliphatic rings. The maximum absolute atomic E-state index is 12.7. The van der Waals surface area contributed by atoms with Crippen molar-refractivity contribution in [1.82, 2.24) is 5.32 Å². The summed E-state index contributed by atoms with van der Waals surface area (Å²) >= 11 is 0. The molecule has 1 N–H and O–H groups in total. The van der Waals surface area contributed by atoms with Crippen molar-refractivity contribution in [3.63, 3.8) is 0 Å². The fourth-order valence-electron chi connectivity index (χ4n) is 4.12. The van der Waals surface area contributed by atoms with E-state index >= 15 is 0 Å². The average molecular weight is 401 g/mol. The zero-order valence-corrected chi connectivity index (χ0v) is 15.6. The number of ether oxygens (including phenoxy) is 1. The lowest BCUT2D eigenvalue weighted by Crippen LogP contribution is -2.49. The van der Waals surface area contributed by atoms with Gasteiger partial charge in [0.15, 0.2) is 5.75 Å². The number of piperidine rings is 1.